The van der Waals surface area contributed by atoms with Gasteiger partial charge in [-0.05, 0) is 24.6 Å². The molecule has 1 fully saturated rings. The minimum Gasteiger partial charge on any atom is -0.404 e. The maximum Gasteiger partial charge on any atom is 0.530 e. The molecule has 0 bridgehead atoms. The number of thioether (sulfide) groups is 1. The van der Waals surface area contributed by atoms with Crippen molar-refractivity contribution in [2.75, 3.05) is 24.7 Å². The van der Waals surface area contributed by atoms with Gasteiger partial charge in [-0.1, -0.05) is 147 Å². The van der Waals surface area contributed by atoms with E-state index in [1.54, 1.807) is 36.5 Å². The van der Waals surface area contributed by atoms with E-state index in [2.05, 4.69) is 11.9 Å². The van der Waals surface area contributed by atoms with Crippen LogP contribution in [0.25, 0.3) is 0 Å². The predicted molar refractivity (Wildman–Crippen MR) is 194 cm³/mol. The van der Waals surface area contributed by atoms with Crippen molar-refractivity contribution in [1.82, 2.24) is 9.55 Å². The van der Waals surface area contributed by atoms with Crippen LogP contribution < -0.4 is 15.9 Å². The molecule has 266 valence electrons. The molecule has 0 radical (unpaired) electrons. The van der Waals surface area contributed by atoms with Crippen LogP contribution in [0, 0.1) is 0 Å². The van der Waals surface area contributed by atoms with Crippen LogP contribution in [0.5, 0.6) is 5.75 Å². The number of hydrogen-bond acceptors (Lipinski definition) is 9. The van der Waals surface area contributed by atoms with Crippen molar-refractivity contribution < 1.29 is 22.9 Å². The van der Waals surface area contributed by atoms with Crippen molar-refractivity contribution in [3.63, 3.8) is 0 Å². The van der Waals surface area contributed by atoms with E-state index in [0.29, 0.717) is 11.5 Å². The molecule has 2 heterocycles. The summed E-state index contributed by atoms with van der Waals surface area (Å²) in [6, 6.07) is 10.4. The zero-order valence-corrected chi connectivity index (χ0v) is 30.4. The third-order valence-electron chi connectivity index (χ3n) is 8.47. The summed E-state index contributed by atoms with van der Waals surface area (Å²) in [6.07, 6.45) is 27.4. The Balaban J connectivity index is 1.21. The second kappa shape index (κ2) is 24.3. The van der Waals surface area contributed by atoms with Gasteiger partial charge >= 0.3 is 13.5 Å². The first kappa shape index (κ1) is 39.6. The largest absolute Gasteiger partial charge is 0.530 e. The molecule has 11 heteroatoms. The lowest BCUT2D eigenvalue weighted by Crippen LogP contribution is -2.28. The van der Waals surface area contributed by atoms with E-state index in [4.69, 9.17) is 24.0 Å². The van der Waals surface area contributed by atoms with Gasteiger partial charge in [0.1, 0.15) is 23.2 Å². The van der Waals surface area contributed by atoms with Crippen LogP contribution in [0.2, 0.25) is 0 Å². The molecule has 3 atom stereocenters. The number of nitrogen functional groups attached to an aromatic ring is 1. The molecule has 0 aliphatic carbocycles. The van der Waals surface area contributed by atoms with Crippen molar-refractivity contribution in [2.45, 2.75) is 147 Å². The molecular weight excluding hydrogens is 633 g/mol. The molecule has 47 heavy (non-hydrogen) atoms. The van der Waals surface area contributed by atoms with Crippen LogP contribution in [0.4, 0.5) is 5.82 Å². The van der Waals surface area contributed by atoms with Gasteiger partial charge in [0.2, 0.25) is 0 Å². The number of anilines is 1. The van der Waals surface area contributed by atoms with Crippen LogP contribution in [0.15, 0.2) is 47.4 Å². The predicted octanol–water partition coefficient (Wildman–Crippen LogP) is 10.5. The number of benzene rings is 1. The third kappa shape index (κ3) is 17.4. The van der Waals surface area contributed by atoms with Gasteiger partial charge in [0.05, 0.1) is 13.2 Å². The van der Waals surface area contributed by atoms with Crippen molar-refractivity contribution in [3.8, 4) is 5.75 Å². The number of rotatable bonds is 28. The Morgan fingerprint density at radius 3 is 1.87 bits per heavy atom. The maximum absolute atomic E-state index is 13.6. The van der Waals surface area contributed by atoms with E-state index in [1.165, 1.54) is 125 Å². The Labute approximate surface area is 287 Å². The average molecular weight is 694 g/mol. The lowest BCUT2D eigenvalue weighted by molar-refractivity contribution is -0.00775. The molecule has 1 aliphatic rings. The molecule has 1 aromatic heterocycles. The summed E-state index contributed by atoms with van der Waals surface area (Å²) in [7, 11) is -3.89. The highest BCUT2D eigenvalue weighted by atomic mass is 32.2. The summed E-state index contributed by atoms with van der Waals surface area (Å²) in [5.74, 6) is 1.09. The fourth-order valence-corrected chi connectivity index (χ4v) is 8.03. The summed E-state index contributed by atoms with van der Waals surface area (Å²) in [5, 5.41) is 0. The monoisotopic (exact) mass is 693 g/mol. The molecule has 0 spiro atoms. The molecule has 1 saturated heterocycles. The van der Waals surface area contributed by atoms with E-state index in [1.807, 2.05) is 6.07 Å². The first-order valence-electron chi connectivity index (χ1n) is 18.2. The van der Waals surface area contributed by atoms with Crippen molar-refractivity contribution in [3.05, 3.63) is 53.1 Å². The quantitative estimate of drug-likeness (QED) is 0.0686. The zero-order chi connectivity index (χ0) is 33.4. The molecule has 2 N–H and O–H groups in total. The summed E-state index contributed by atoms with van der Waals surface area (Å²) in [6.45, 7) is 2.56. The lowest BCUT2D eigenvalue weighted by atomic mass is 10.0. The fraction of sp³-hybridized carbons (Fsp3) is 0.722. The number of ether oxygens (including phenoxy) is 1. The van der Waals surface area contributed by atoms with Gasteiger partial charge in [-0.25, -0.2) is 9.36 Å². The number of nitrogens with zero attached hydrogens (tertiary/aromatic N) is 2. The highest BCUT2D eigenvalue weighted by Crippen LogP contribution is 2.50. The number of phosphoric ester groups is 1. The number of aromatic nitrogens is 2. The fourth-order valence-electron chi connectivity index (χ4n) is 5.71. The van der Waals surface area contributed by atoms with Gasteiger partial charge in [0, 0.05) is 11.9 Å². The molecule has 2 aromatic rings. The van der Waals surface area contributed by atoms with Gasteiger partial charge in [0.15, 0.2) is 0 Å². The normalized spacial score (nSPS) is 17.6. The Morgan fingerprint density at radius 1 is 0.809 bits per heavy atom. The second-order valence-corrected chi connectivity index (χ2v) is 15.4. The van der Waals surface area contributed by atoms with Crippen LogP contribution in [0.1, 0.15) is 142 Å². The number of unbranched alkanes of at least 4 members (excludes halogenated alkanes) is 19. The van der Waals surface area contributed by atoms with Gasteiger partial charge in [-0.15, -0.1) is 11.8 Å². The average Bonchev–Trinajstić information content (AvgIpc) is 3.54. The number of hydrogen-bond donors (Lipinski definition) is 1. The summed E-state index contributed by atoms with van der Waals surface area (Å²) < 4.78 is 38.1. The number of nitrogens with two attached hydrogens (primary N) is 1. The molecule has 0 amide bonds. The molecular formula is C36H60N3O6PS. The van der Waals surface area contributed by atoms with Crippen LogP contribution in [-0.2, 0) is 18.3 Å². The Hall–Kier alpha value is -1.84. The van der Waals surface area contributed by atoms with Crippen molar-refractivity contribution in [2.24, 2.45) is 0 Å². The Bertz CT molecular complexity index is 1190. The third-order valence-corrected chi connectivity index (χ3v) is 11.0. The van der Waals surface area contributed by atoms with E-state index < -0.39 is 25.2 Å². The van der Waals surface area contributed by atoms with Gasteiger partial charge in [-0.3, -0.25) is 13.6 Å². The van der Waals surface area contributed by atoms with E-state index >= 15 is 0 Å². The summed E-state index contributed by atoms with van der Waals surface area (Å²) >= 11 is 1.46. The Morgan fingerprint density at radius 2 is 1.34 bits per heavy atom. The first-order valence-corrected chi connectivity index (χ1v) is 20.8. The molecule has 0 saturated carbocycles. The molecule has 1 aliphatic heterocycles. The second-order valence-electron chi connectivity index (χ2n) is 12.6. The van der Waals surface area contributed by atoms with Crippen LogP contribution in [0.3, 0.4) is 0 Å². The molecule has 1 aromatic carbocycles. The van der Waals surface area contributed by atoms with E-state index in [-0.39, 0.29) is 19.0 Å². The molecule has 3 rings (SSSR count). The van der Waals surface area contributed by atoms with Crippen LogP contribution in [-0.4, -0.2) is 34.0 Å². The van der Waals surface area contributed by atoms with Gasteiger partial charge in [-0.2, -0.15) is 4.98 Å². The van der Waals surface area contributed by atoms with Crippen molar-refractivity contribution in [1.29, 1.82) is 0 Å². The molecule has 3 unspecified atom stereocenters. The topological polar surface area (TPSA) is 115 Å². The van der Waals surface area contributed by atoms with E-state index in [0.717, 1.165) is 19.3 Å². The summed E-state index contributed by atoms with van der Waals surface area (Å²) in [4.78, 5) is 15.9. The maximum atomic E-state index is 13.6. The number of para-hydroxylation sites is 1. The standard InChI is InChI=1S/C36H60N3O6PS/c1-2-3-4-5-6-7-8-9-10-11-12-13-14-15-16-17-18-19-20-24-29-42-46(41,45-32-25-22-21-23-26-32)43-30-35-44-34(31-47-35)39-28-27-33(37)38-36(39)40/h21-23,25-28,34-35H,2-20,24,29-31H2,1H3,(H2,37,38,40). The van der Waals surface area contributed by atoms with Crippen LogP contribution >= 0.6 is 19.6 Å². The SMILES string of the molecule is CCCCCCCCCCCCCCCCCCCCCCOP(=O)(OCC1OC(n2ccc(N)nc2=O)CS1)Oc1ccccc1. The lowest BCUT2D eigenvalue weighted by Gasteiger charge is -2.20. The highest BCUT2D eigenvalue weighted by molar-refractivity contribution is 8.00. The van der Waals surface area contributed by atoms with Crippen molar-refractivity contribution >= 4 is 25.4 Å². The first-order chi connectivity index (χ1) is 23.0. The Kier molecular flexibility index (Phi) is 20.5. The minimum atomic E-state index is -3.89. The van der Waals surface area contributed by atoms with Gasteiger partial charge < -0.3 is 15.0 Å². The highest BCUT2D eigenvalue weighted by Gasteiger charge is 2.34. The summed E-state index contributed by atoms with van der Waals surface area (Å²) in [5.41, 5.74) is 4.67. The smallest absolute Gasteiger partial charge is 0.404 e. The molecule has 9 nitrogen and oxygen atoms in total. The number of phosphoric acid groups is 1. The zero-order valence-electron chi connectivity index (χ0n) is 28.7. The van der Waals surface area contributed by atoms with Gasteiger partial charge in [0.25, 0.3) is 0 Å². The minimum absolute atomic E-state index is 0.0122. The van der Waals surface area contributed by atoms with E-state index in [9.17, 15) is 9.36 Å².